The molecule has 0 spiro atoms. The van der Waals surface area contributed by atoms with Crippen LogP contribution in [-0.2, 0) is 26.9 Å². The van der Waals surface area contributed by atoms with Crippen LogP contribution in [0.3, 0.4) is 0 Å². The fourth-order valence-electron chi connectivity index (χ4n) is 2.16. The van der Waals surface area contributed by atoms with E-state index in [1.807, 2.05) is 0 Å². The first-order valence-electron chi connectivity index (χ1n) is 6.48. The van der Waals surface area contributed by atoms with E-state index in [0.717, 1.165) is 6.42 Å². The summed E-state index contributed by atoms with van der Waals surface area (Å²) in [4.78, 5) is 0. The molecule has 0 aliphatic heterocycles. The molecule has 0 saturated carbocycles. The molecule has 0 atom stereocenters. The van der Waals surface area contributed by atoms with Gasteiger partial charge in [-0.05, 0) is 0 Å². The van der Waals surface area contributed by atoms with E-state index in [1.165, 1.54) is 26.1 Å². The van der Waals surface area contributed by atoms with Gasteiger partial charge < -0.3 is 29.9 Å². The van der Waals surface area contributed by atoms with E-state index < -0.39 is 5.60 Å². The van der Waals surface area contributed by atoms with Gasteiger partial charge in [0.2, 0.25) is 0 Å². The Morgan fingerprint density at radius 1 is 0.905 bits per heavy atom. The molecular weight excluding hydrogens is 339 g/mol. The van der Waals surface area contributed by atoms with Crippen molar-refractivity contribution in [2.45, 2.75) is 32.8 Å². The summed E-state index contributed by atoms with van der Waals surface area (Å²) >= 11 is 2.20. The number of hydrogen-bond acceptors (Lipinski definition) is 1. The molecule has 110 valence electrons. The summed E-state index contributed by atoms with van der Waals surface area (Å²) in [7, 11) is 0. The number of benzene rings is 2. The van der Waals surface area contributed by atoms with Crippen molar-refractivity contribution in [2.24, 2.45) is 0 Å². The maximum atomic E-state index is 10.1. The number of fused-ring (bicyclic) bond motifs is 3. The van der Waals surface area contributed by atoms with Crippen molar-refractivity contribution in [3.8, 4) is 11.1 Å². The topological polar surface area (TPSA) is 23.1 Å². The van der Waals surface area contributed by atoms with Crippen LogP contribution < -0.4 is 33.8 Å². The molecule has 4 heteroatoms. The summed E-state index contributed by atoms with van der Waals surface area (Å²) in [5, 5.41) is 10.1. The zero-order valence-corrected chi connectivity index (χ0v) is 15.5. The van der Waals surface area contributed by atoms with E-state index in [4.69, 9.17) is 0 Å². The van der Waals surface area contributed by atoms with Gasteiger partial charge in [-0.25, -0.2) is 0 Å². The van der Waals surface area contributed by atoms with Crippen LogP contribution in [0, 0.1) is 0 Å². The van der Waals surface area contributed by atoms with Crippen molar-refractivity contribution in [1.29, 1.82) is 0 Å². The predicted octanol–water partition coefficient (Wildman–Crippen LogP) is -3.42. The van der Waals surface area contributed by atoms with Crippen molar-refractivity contribution in [3.63, 3.8) is 0 Å². The number of hydrogen-bond donors (Lipinski definition) is 0. The zero-order chi connectivity index (χ0) is 14.0. The normalized spacial score (nSPS) is 11.1. The fourth-order valence-corrected chi connectivity index (χ4v) is 2.66. The molecule has 1 aliphatic carbocycles. The fraction of sp³-hybridized carbons (Fsp3) is 0.294. The summed E-state index contributed by atoms with van der Waals surface area (Å²) in [5.41, 5.74) is 5.08. The zero-order valence-electron chi connectivity index (χ0n) is 12.4. The monoisotopic (exact) mass is 356 g/mol. The molecule has 0 heterocycles. The van der Waals surface area contributed by atoms with Gasteiger partial charge in [-0.3, -0.25) is 0 Å². The molecule has 0 N–H and O–H groups in total. The van der Waals surface area contributed by atoms with E-state index in [2.05, 4.69) is 62.9 Å². The van der Waals surface area contributed by atoms with Crippen molar-refractivity contribution in [2.75, 3.05) is 0 Å². The van der Waals surface area contributed by atoms with Gasteiger partial charge in [-0.1, -0.05) is 20.8 Å². The van der Waals surface area contributed by atoms with E-state index in [1.54, 1.807) is 20.8 Å². The van der Waals surface area contributed by atoms with Crippen LogP contribution in [0.25, 0.3) is 11.1 Å². The molecule has 0 aromatic heterocycles. The Bertz CT molecular complexity index is 586. The average molecular weight is 357 g/mol. The van der Waals surface area contributed by atoms with E-state index in [0.29, 0.717) is 0 Å². The Kier molecular flexibility index (Phi) is 8.24. The second-order valence-corrected chi connectivity index (χ2v) is 6.62. The van der Waals surface area contributed by atoms with Crippen LogP contribution in [0.1, 0.15) is 31.9 Å². The second kappa shape index (κ2) is 8.36. The Labute approximate surface area is 151 Å². The number of halogens is 2. The quantitative estimate of drug-likeness (QED) is 0.385. The van der Waals surface area contributed by atoms with Crippen LogP contribution in [0.4, 0.5) is 0 Å². The van der Waals surface area contributed by atoms with Gasteiger partial charge in [0.25, 0.3) is 0 Å². The van der Waals surface area contributed by atoms with Crippen LogP contribution >= 0.6 is 0 Å². The van der Waals surface area contributed by atoms with E-state index in [-0.39, 0.29) is 24.8 Å². The summed E-state index contributed by atoms with van der Waals surface area (Å²) in [6.45, 7) is 4.90. The molecule has 0 bridgehead atoms. The molecule has 1 aliphatic rings. The molecule has 2 aromatic carbocycles. The van der Waals surface area contributed by atoms with Gasteiger partial charge in [0.15, 0.2) is 0 Å². The number of rotatable bonds is 0. The molecule has 21 heavy (non-hydrogen) atoms. The third-order valence-electron chi connectivity index (χ3n) is 2.85. The van der Waals surface area contributed by atoms with Gasteiger partial charge in [0.1, 0.15) is 0 Å². The molecular formula is C17H18Cl2OTi. The maximum absolute atomic E-state index is 10.1. The van der Waals surface area contributed by atoms with Gasteiger partial charge in [0, 0.05) is 0 Å². The molecule has 1 nitrogen and oxygen atoms in total. The Morgan fingerprint density at radius 2 is 1.43 bits per heavy atom. The van der Waals surface area contributed by atoms with Crippen molar-refractivity contribution in [3.05, 3.63) is 53.6 Å². The van der Waals surface area contributed by atoms with Gasteiger partial charge in [-0.15, -0.1) is 5.60 Å². The van der Waals surface area contributed by atoms with Crippen molar-refractivity contribution in [1.82, 2.24) is 0 Å². The Morgan fingerprint density at radius 3 is 2.05 bits per heavy atom. The van der Waals surface area contributed by atoms with E-state index >= 15 is 0 Å². The molecule has 0 saturated heterocycles. The predicted molar refractivity (Wildman–Crippen MR) is 74.1 cm³/mol. The van der Waals surface area contributed by atoms with Crippen molar-refractivity contribution < 1.29 is 50.4 Å². The van der Waals surface area contributed by atoms with Gasteiger partial charge in [0.05, 0.1) is 0 Å². The standard InChI is InChI=1S/C13H9.C4H9O.2ClH.Ti/c1-3-7-12-10(5-1)9-11-6-2-4-8-13(11)12;1-4(2,3)5;;;/h1-5,7-8H,9H2;1-3H3;2*1H;/q;-1;;;+3/p-2. The first-order valence-corrected chi connectivity index (χ1v) is 7.26. The van der Waals surface area contributed by atoms with Crippen molar-refractivity contribution >= 4 is 3.87 Å². The molecule has 3 rings (SSSR count). The molecule has 0 amide bonds. The third kappa shape index (κ3) is 5.77. The third-order valence-corrected chi connectivity index (χ3v) is 3.58. The van der Waals surface area contributed by atoms with E-state index in [9.17, 15) is 5.11 Å². The second-order valence-electron chi connectivity index (χ2n) is 5.78. The Hall–Kier alpha value is -0.306. The summed E-state index contributed by atoms with van der Waals surface area (Å²) in [5.74, 6) is 0. The summed E-state index contributed by atoms with van der Waals surface area (Å²) in [6.07, 6.45) is 1.11. The van der Waals surface area contributed by atoms with Crippen LogP contribution in [-0.4, -0.2) is 5.60 Å². The minimum absolute atomic E-state index is 0. The summed E-state index contributed by atoms with van der Waals surface area (Å²) in [6, 6.07) is 15.3. The molecule has 2 aromatic rings. The first-order chi connectivity index (χ1) is 8.86. The molecule has 0 unspecified atom stereocenters. The van der Waals surface area contributed by atoms with Gasteiger partial charge >= 0.3 is 95.4 Å². The minimum atomic E-state index is -0.750. The average Bonchev–Trinajstić information content (AvgIpc) is 2.67. The molecule has 0 fully saturated rings. The Balaban J connectivity index is 0.000000507. The van der Waals surface area contributed by atoms with Crippen LogP contribution in [0.2, 0.25) is 0 Å². The first kappa shape index (κ1) is 20.7. The van der Waals surface area contributed by atoms with Crippen LogP contribution in [0.5, 0.6) is 0 Å². The molecule has 0 radical (unpaired) electrons. The van der Waals surface area contributed by atoms with Gasteiger partial charge in [-0.2, -0.15) is 0 Å². The summed E-state index contributed by atoms with van der Waals surface area (Å²) < 4.78 is 1.42. The van der Waals surface area contributed by atoms with Crippen LogP contribution in [0.15, 0.2) is 42.5 Å². The SMILES string of the molecule is CC(C)(C)[O-].[Cl-].[Cl-].[Ti+3][c]1cccc2c1Cc1ccccc1-2.